The van der Waals surface area contributed by atoms with Gasteiger partial charge in [0.15, 0.2) is 0 Å². The van der Waals surface area contributed by atoms with Crippen molar-refractivity contribution >= 4 is 5.91 Å². The molecular formula is C23H26N4O2. The van der Waals surface area contributed by atoms with Gasteiger partial charge < -0.3 is 15.4 Å². The minimum absolute atomic E-state index is 0.149. The Kier molecular flexibility index (Phi) is 6.22. The van der Waals surface area contributed by atoms with E-state index in [4.69, 9.17) is 4.74 Å². The number of nitrogens with zero attached hydrogens (tertiary/aromatic N) is 2. The molecule has 1 aliphatic rings. The summed E-state index contributed by atoms with van der Waals surface area (Å²) >= 11 is 0. The van der Waals surface area contributed by atoms with Crippen molar-refractivity contribution in [2.75, 3.05) is 13.1 Å². The van der Waals surface area contributed by atoms with Gasteiger partial charge in [0, 0.05) is 19.3 Å². The number of amides is 1. The molecule has 1 unspecified atom stereocenters. The molecule has 1 atom stereocenters. The van der Waals surface area contributed by atoms with Gasteiger partial charge in [-0.3, -0.25) is 9.48 Å². The van der Waals surface area contributed by atoms with E-state index >= 15 is 0 Å². The summed E-state index contributed by atoms with van der Waals surface area (Å²) in [6, 6.07) is 19.9. The van der Waals surface area contributed by atoms with Crippen LogP contribution >= 0.6 is 0 Å². The zero-order valence-electron chi connectivity index (χ0n) is 16.4. The van der Waals surface area contributed by atoms with Crippen LogP contribution in [0, 0.1) is 0 Å². The fraction of sp³-hybridized carbons (Fsp3) is 0.304. The summed E-state index contributed by atoms with van der Waals surface area (Å²) in [5.41, 5.74) is 2.59. The number of rotatable bonds is 7. The quantitative estimate of drug-likeness (QED) is 0.649. The van der Waals surface area contributed by atoms with Crippen LogP contribution in [0.4, 0.5) is 0 Å². The summed E-state index contributed by atoms with van der Waals surface area (Å²) in [4.78, 5) is 12.4. The Hall–Kier alpha value is -3.12. The molecule has 4 rings (SSSR count). The van der Waals surface area contributed by atoms with E-state index in [2.05, 4.69) is 15.7 Å². The van der Waals surface area contributed by atoms with E-state index < -0.39 is 0 Å². The topological polar surface area (TPSA) is 68.2 Å². The highest BCUT2D eigenvalue weighted by Gasteiger charge is 2.17. The third-order valence-corrected chi connectivity index (χ3v) is 5.11. The van der Waals surface area contributed by atoms with Gasteiger partial charge in [0.05, 0.1) is 6.04 Å². The van der Waals surface area contributed by atoms with Crippen molar-refractivity contribution in [3.63, 3.8) is 0 Å². The second kappa shape index (κ2) is 9.39. The number of benzene rings is 2. The van der Waals surface area contributed by atoms with E-state index in [1.54, 1.807) is 6.07 Å². The summed E-state index contributed by atoms with van der Waals surface area (Å²) in [6.07, 6.45) is 4.13. The third kappa shape index (κ3) is 5.23. The first kappa shape index (κ1) is 19.2. The molecule has 1 aliphatic heterocycles. The van der Waals surface area contributed by atoms with E-state index in [0.717, 1.165) is 42.8 Å². The van der Waals surface area contributed by atoms with Crippen molar-refractivity contribution in [3.05, 3.63) is 83.7 Å². The Morgan fingerprint density at radius 3 is 2.66 bits per heavy atom. The molecule has 1 amide bonds. The highest BCUT2D eigenvalue weighted by atomic mass is 16.5. The molecule has 1 aromatic heterocycles. The minimum Gasteiger partial charge on any atom is -0.489 e. The normalized spacial score (nSPS) is 16.3. The number of aromatic nitrogens is 2. The van der Waals surface area contributed by atoms with Crippen LogP contribution < -0.4 is 15.4 Å². The summed E-state index contributed by atoms with van der Waals surface area (Å²) in [5.74, 6) is 0.705. The number of piperidine rings is 1. The lowest BCUT2D eigenvalue weighted by Gasteiger charge is -2.22. The minimum atomic E-state index is -0.149. The Morgan fingerprint density at radius 1 is 1.10 bits per heavy atom. The Morgan fingerprint density at radius 2 is 1.90 bits per heavy atom. The van der Waals surface area contributed by atoms with Crippen molar-refractivity contribution in [1.29, 1.82) is 0 Å². The van der Waals surface area contributed by atoms with Gasteiger partial charge in [-0.05, 0) is 48.7 Å². The zero-order chi connectivity index (χ0) is 19.9. The predicted octanol–water partition coefficient (Wildman–Crippen LogP) is 3.32. The molecule has 0 aliphatic carbocycles. The first-order valence-corrected chi connectivity index (χ1v) is 10.1. The van der Waals surface area contributed by atoms with E-state index in [0.29, 0.717) is 24.9 Å². The molecule has 0 bridgehead atoms. The first-order valence-electron chi connectivity index (χ1n) is 10.1. The first-order chi connectivity index (χ1) is 14.3. The van der Waals surface area contributed by atoms with Crippen LogP contribution in [-0.2, 0) is 13.2 Å². The summed E-state index contributed by atoms with van der Waals surface area (Å²) in [7, 11) is 0. The van der Waals surface area contributed by atoms with Crippen LogP contribution in [0.15, 0.2) is 66.9 Å². The number of ether oxygens (including phenoxy) is 1. The lowest BCUT2D eigenvalue weighted by molar-refractivity contribution is 0.0944. The maximum atomic E-state index is 12.4. The molecule has 0 spiro atoms. The molecule has 3 aromatic rings. The van der Waals surface area contributed by atoms with Gasteiger partial charge in [-0.25, -0.2) is 0 Å². The van der Waals surface area contributed by atoms with Crippen molar-refractivity contribution in [2.45, 2.75) is 32.0 Å². The number of carbonyl (C=O) groups excluding carboxylic acids is 1. The zero-order valence-corrected chi connectivity index (χ0v) is 16.4. The SMILES string of the molecule is O=C(NCc1ccc(COc2ccccc2)cc1)c1ccn(C2CCCNC2)n1. The number of hydrogen-bond acceptors (Lipinski definition) is 4. The van der Waals surface area contributed by atoms with Crippen LogP contribution in [0.2, 0.25) is 0 Å². The number of carbonyl (C=O) groups is 1. The summed E-state index contributed by atoms with van der Waals surface area (Å²) in [6.45, 7) is 2.95. The molecule has 0 radical (unpaired) electrons. The molecule has 1 saturated heterocycles. The summed E-state index contributed by atoms with van der Waals surface area (Å²) < 4.78 is 7.66. The molecule has 150 valence electrons. The van der Waals surface area contributed by atoms with E-state index in [1.165, 1.54) is 0 Å². The lowest BCUT2D eigenvalue weighted by Crippen LogP contribution is -2.32. The largest absolute Gasteiger partial charge is 0.489 e. The van der Waals surface area contributed by atoms with Gasteiger partial charge in [-0.15, -0.1) is 0 Å². The van der Waals surface area contributed by atoms with Crippen LogP contribution in [-0.4, -0.2) is 28.8 Å². The average Bonchev–Trinajstić information content (AvgIpc) is 3.29. The average molecular weight is 390 g/mol. The highest BCUT2D eigenvalue weighted by Crippen LogP contribution is 2.16. The molecule has 2 N–H and O–H groups in total. The van der Waals surface area contributed by atoms with Crippen molar-refractivity contribution in [1.82, 2.24) is 20.4 Å². The maximum absolute atomic E-state index is 12.4. The number of nitrogens with one attached hydrogen (secondary N) is 2. The molecule has 6 heteroatoms. The van der Waals surface area contributed by atoms with Crippen LogP contribution in [0.5, 0.6) is 5.75 Å². The molecule has 29 heavy (non-hydrogen) atoms. The fourth-order valence-corrected chi connectivity index (χ4v) is 3.43. The van der Waals surface area contributed by atoms with Gasteiger partial charge >= 0.3 is 0 Å². The van der Waals surface area contributed by atoms with Crippen LogP contribution in [0.25, 0.3) is 0 Å². The highest BCUT2D eigenvalue weighted by molar-refractivity contribution is 5.92. The van der Waals surface area contributed by atoms with Crippen LogP contribution in [0.3, 0.4) is 0 Å². The fourth-order valence-electron chi connectivity index (χ4n) is 3.43. The van der Waals surface area contributed by atoms with Crippen molar-refractivity contribution < 1.29 is 9.53 Å². The molecule has 2 heterocycles. The molecule has 0 saturated carbocycles. The van der Waals surface area contributed by atoms with Crippen molar-refractivity contribution in [2.24, 2.45) is 0 Å². The van der Waals surface area contributed by atoms with Crippen molar-refractivity contribution in [3.8, 4) is 5.75 Å². The molecular weight excluding hydrogens is 364 g/mol. The Labute approximate surface area is 170 Å². The maximum Gasteiger partial charge on any atom is 0.272 e. The second-order valence-corrected chi connectivity index (χ2v) is 7.28. The van der Waals surface area contributed by atoms with E-state index in [-0.39, 0.29) is 5.91 Å². The molecule has 2 aromatic carbocycles. The van der Waals surface area contributed by atoms with Gasteiger partial charge in [0.1, 0.15) is 18.1 Å². The Balaban J connectivity index is 1.26. The monoisotopic (exact) mass is 390 g/mol. The standard InChI is InChI=1S/C23H26N4O2/c28-23(22-12-14-27(26-22)20-5-4-13-24-16-20)25-15-18-8-10-19(11-9-18)17-29-21-6-2-1-3-7-21/h1-3,6-12,14,20,24H,4-5,13,15-17H2,(H,25,28). The predicted molar refractivity (Wildman–Crippen MR) is 112 cm³/mol. The third-order valence-electron chi connectivity index (χ3n) is 5.11. The summed E-state index contributed by atoms with van der Waals surface area (Å²) in [5, 5.41) is 10.8. The smallest absolute Gasteiger partial charge is 0.272 e. The number of para-hydroxylation sites is 1. The second-order valence-electron chi connectivity index (χ2n) is 7.28. The van der Waals surface area contributed by atoms with E-state index in [9.17, 15) is 4.79 Å². The Bertz CT molecular complexity index is 916. The van der Waals surface area contributed by atoms with Gasteiger partial charge in [0.2, 0.25) is 0 Å². The van der Waals surface area contributed by atoms with Crippen LogP contribution in [0.1, 0.15) is 40.5 Å². The van der Waals surface area contributed by atoms with Gasteiger partial charge in [0.25, 0.3) is 5.91 Å². The molecule has 1 fully saturated rings. The van der Waals surface area contributed by atoms with Gasteiger partial charge in [-0.1, -0.05) is 42.5 Å². The number of hydrogen-bond donors (Lipinski definition) is 2. The van der Waals surface area contributed by atoms with E-state index in [1.807, 2.05) is 65.5 Å². The lowest BCUT2D eigenvalue weighted by atomic mass is 10.1. The molecule has 6 nitrogen and oxygen atoms in total. The van der Waals surface area contributed by atoms with Gasteiger partial charge in [-0.2, -0.15) is 5.10 Å².